The number of H-pyrrole nitrogens is 1. The van der Waals surface area contributed by atoms with Gasteiger partial charge in [-0.05, 0) is 24.6 Å². The second-order valence-electron chi connectivity index (χ2n) is 5.12. The van der Waals surface area contributed by atoms with Gasteiger partial charge in [0, 0.05) is 11.8 Å². The van der Waals surface area contributed by atoms with E-state index in [1.807, 2.05) is 10.8 Å². The first-order valence-electron chi connectivity index (χ1n) is 7.13. The molecule has 3 aromatic rings. The van der Waals surface area contributed by atoms with Crippen LogP contribution in [0.2, 0.25) is 0 Å². The molecule has 2 heterocycles. The van der Waals surface area contributed by atoms with Crippen LogP contribution in [0.5, 0.6) is 0 Å². The van der Waals surface area contributed by atoms with Gasteiger partial charge in [0.1, 0.15) is 0 Å². The van der Waals surface area contributed by atoms with E-state index in [9.17, 15) is 13.2 Å². The van der Waals surface area contributed by atoms with E-state index in [4.69, 9.17) is 5.73 Å². The van der Waals surface area contributed by atoms with Crippen molar-refractivity contribution in [1.82, 2.24) is 19.9 Å². The normalized spacial score (nSPS) is 13.1. The van der Waals surface area contributed by atoms with Crippen LogP contribution in [0.25, 0.3) is 21.5 Å². The number of carbonyl (C=O) groups excluding carboxylic acids is 1. The summed E-state index contributed by atoms with van der Waals surface area (Å²) in [6, 6.07) is 6.31. The van der Waals surface area contributed by atoms with Crippen LogP contribution in [0.3, 0.4) is 0 Å². The van der Waals surface area contributed by atoms with Crippen LogP contribution in [-0.4, -0.2) is 35.5 Å². The minimum atomic E-state index is -4.04. The maximum Gasteiger partial charge on any atom is 0.291 e. The van der Waals surface area contributed by atoms with Crippen molar-refractivity contribution in [1.29, 1.82) is 0 Å². The lowest BCUT2D eigenvalue weighted by Crippen LogP contribution is -2.42. The monoisotopic (exact) mass is 365 g/mol. The Bertz CT molecular complexity index is 979. The number of carbonyl (C=O) groups is 1. The first-order valence-corrected chi connectivity index (χ1v) is 9.43. The molecule has 0 radical (unpaired) electrons. The molecule has 24 heavy (non-hydrogen) atoms. The summed E-state index contributed by atoms with van der Waals surface area (Å²) in [6.07, 6.45) is 1.97. The van der Waals surface area contributed by atoms with Gasteiger partial charge in [-0.15, -0.1) is 11.3 Å². The third kappa shape index (κ3) is 3.16. The summed E-state index contributed by atoms with van der Waals surface area (Å²) >= 11 is 0.991. The summed E-state index contributed by atoms with van der Waals surface area (Å²) in [4.78, 5) is 15.9. The lowest BCUT2D eigenvalue weighted by molar-refractivity contribution is -0.120. The van der Waals surface area contributed by atoms with E-state index in [2.05, 4.69) is 15.2 Å². The number of amides is 1. The summed E-state index contributed by atoms with van der Waals surface area (Å²) in [6.45, 7) is 1.70. The number of nitrogens with zero attached hydrogens (tertiary/aromatic N) is 2. The van der Waals surface area contributed by atoms with Gasteiger partial charge in [-0.25, -0.2) is 9.71 Å². The standard InChI is InChI=1S/C14H15N5O3S2/c1-2-9(15)13(20)19-24(21,22)14-17-11-7-8(3-4-12(11)23-14)10-5-6-16-18-10/h3-7,9H,2,15H2,1H3,(H,16,18)(H,19,20)/t9-/m0/s1. The van der Waals surface area contributed by atoms with Crippen LogP contribution >= 0.6 is 11.3 Å². The molecule has 126 valence electrons. The third-order valence-corrected chi connectivity index (χ3v) is 6.18. The molecule has 3 rings (SSSR count). The Morgan fingerprint density at radius 3 is 2.88 bits per heavy atom. The molecule has 1 amide bonds. The second kappa shape index (κ2) is 6.30. The molecule has 10 heteroatoms. The number of rotatable bonds is 5. The minimum absolute atomic E-state index is 0.170. The van der Waals surface area contributed by atoms with E-state index in [1.165, 1.54) is 0 Å². The number of hydrogen-bond donors (Lipinski definition) is 3. The molecule has 0 saturated heterocycles. The van der Waals surface area contributed by atoms with Gasteiger partial charge >= 0.3 is 0 Å². The quantitative estimate of drug-likeness (QED) is 0.623. The predicted molar refractivity (Wildman–Crippen MR) is 90.8 cm³/mol. The third-order valence-electron chi connectivity index (χ3n) is 3.42. The van der Waals surface area contributed by atoms with Gasteiger partial charge < -0.3 is 5.73 Å². The van der Waals surface area contributed by atoms with Gasteiger partial charge in [0.25, 0.3) is 15.9 Å². The van der Waals surface area contributed by atoms with E-state index in [1.54, 1.807) is 31.3 Å². The zero-order chi connectivity index (χ0) is 17.3. The largest absolute Gasteiger partial charge is 0.320 e. The average molecular weight is 365 g/mol. The first kappa shape index (κ1) is 16.6. The molecule has 2 aromatic heterocycles. The van der Waals surface area contributed by atoms with Crippen molar-refractivity contribution in [3.8, 4) is 11.3 Å². The number of benzene rings is 1. The average Bonchev–Trinajstić information content (AvgIpc) is 3.22. The maximum absolute atomic E-state index is 12.3. The van der Waals surface area contributed by atoms with E-state index in [-0.39, 0.29) is 4.34 Å². The fourth-order valence-electron chi connectivity index (χ4n) is 2.04. The fourth-order valence-corrected chi connectivity index (χ4v) is 4.28. The number of sulfonamides is 1. The molecule has 0 spiro atoms. The Morgan fingerprint density at radius 2 is 2.21 bits per heavy atom. The Kier molecular flexibility index (Phi) is 4.35. The van der Waals surface area contributed by atoms with Crippen molar-refractivity contribution in [3.05, 3.63) is 30.5 Å². The van der Waals surface area contributed by atoms with Crippen molar-refractivity contribution in [2.75, 3.05) is 0 Å². The summed E-state index contributed by atoms with van der Waals surface area (Å²) in [5.74, 6) is -0.741. The van der Waals surface area contributed by atoms with Crippen LogP contribution in [0.1, 0.15) is 13.3 Å². The summed E-state index contributed by atoms with van der Waals surface area (Å²) in [5.41, 5.74) is 7.72. The van der Waals surface area contributed by atoms with Crippen molar-refractivity contribution in [2.24, 2.45) is 5.73 Å². The number of aromatic amines is 1. The van der Waals surface area contributed by atoms with Gasteiger partial charge in [0.15, 0.2) is 0 Å². The van der Waals surface area contributed by atoms with Crippen molar-refractivity contribution < 1.29 is 13.2 Å². The second-order valence-corrected chi connectivity index (χ2v) is 8.00. The van der Waals surface area contributed by atoms with Crippen LogP contribution in [0, 0.1) is 0 Å². The molecular weight excluding hydrogens is 350 g/mol. The number of nitrogens with two attached hydrogens (primary N) is 1. The number of nitrogens with one attached hydrogen (secondary N) is 2. The van der Waals surface area contributed by atoms with Crippen molar-refractivity contribution in [3.63, 3.8) is 0 Å². The molecule has 0 unspecified atom stereocenters. The number of aromatic nitrogens is 3. The number of fused-ring (bicyclic) bond motifs is 1. The van der Waals surface area contributed by atoms with Gasteiger partial charge in [0.2, 0.25) is 4.34 Å². The van der Waals surface area contributed by atoms with Gasteiger partial charge in [-0.2, -0.15) is 13.5 Å². The molecule has 4 N–H and O–H groups in total. The minimum Gasteiger partial charge on any atom is -0.320 e. The topological polar surface area (TPSA) is 131 Å². The fraction of sp³-hybridized carbons (Fsp3) is 0.214. The summed E-state index contributed by atoms with van der Waals surface area (Å²) < 4.78 is 27.1. The van der Waals surface area contributed by atoms with E-state index >= 15 is 0 Å². The van der Waals surface area contributed by atoms with Crippen LogP contribution < -0.4 is 10.5 Å². The SMILES string of the molecule is CC[C@H](N)C(=O)NS(=O)(=O)c1nc2cc(-c3ccn[nH]3)ccc2s1. The number of thiazole rings is 1. The zero-order valence-electron chi connectivity index (χ0n) is 12.7. The van der Waals surface area contributed by atoms with Crippen LogP contribution in [-0.2, 0) is 14.8 Å². The summed E-state index contributed by atoms with van der Waals surface area (Å²) in [7, 11) is -4.04. The Hall–Kier alpha value is -2.30. The highest BCUT2D eigenvalue weighted by Gasteiger charge is 2.24. The molecule has 0 saturated carbocycles. The molecule has 0 aliphatic carbocycles. The summed E-state index contributed by atoms with van der Waals surface area (Å²) in [5, 5.41) is 6.72. The maximum atomic E-state index is 12.3. The molecule has 0 fully saturated rings. The molecule has 8 nitrogen and oxygen atoms in total. The Labute approximate surface area is 142 Å². The van der Waals surface area contributed by atoms with E-state index < -0.39 is 22.0 Å². The van der Waals surface area contributed by atoms with E-state index in [0.29, 0.717) is 16.6 Å². The van der Waals surface area contributed by atoms with Gasteiger partial charge in [-0.3, -0.25) is 9.89 Å². The van der Waals surface area contributed by atoms with E-state index in [0.717, 1.165) is 22.6 Å². The molecule has 1 aromatic carbocycles. The lowest BCUT2D eigenvalue weighted by atomic mass is 10.1. The first-order chi connectivity index (χ1) is 11.4. The van der Waals surface area contributed by atoms with Gasteiger partial charge in [-0.1, -0.05) is 13.0 Å². The molecular formula is C14H15N5O3S2. The Balaban J connectivity index is 1.94. The molecule has 1 atom stereocenters. The highest BCUT2D eigenvalue weighted by Crippen LogP contribution is 2.29. The zero-order valence-corrected chi connectivity index (χ0v) is 14.3. The van der Waals surface area contributed by atoms with Crippen molar-refractivity contribution >= 4 is 37.5 Å². The van der Waals surface area contributed by atoms with Gasteiger partial charge in [0.05, 0.1) is 22.0 Å². The lowest BCUT2D eigenvalue weighted by Gasteiger charge is -2.08. The molecule has 0 aliphatic heterocycles. The van der Waals surface area contributed by atoms with Crippen LogP contribution in [0.15, 0.2) is 34.8 Å². The van der Waals surface area contributed by atoms with Crippen molar-refractivity contribution in [2.45, 2.75) is 23.7 Å². The van der Waals surface area contributed by atoms with Crippen LogP contribution in [0.4, 0.5) is 0 Å². The molecule has 0 bridgehead atoms. The Morgan fingerprint density at radius 1 is 1.42 bits per heavy atom. The number of hydrogen-bond acceptors (Lipinski definition) is 7. The highest BCUT2D eigenvalue weighted by atomic mass is 32.2. The highest BCUT2D eigenvalue weighted by molar-refractivity contribution is 7.92. The predicted octanol–water partition coefficient (Wildman–Crippen LogP) is 1.23. The molecule has 0 aliphatic rings. The smallest absolute Gasteiger partial charge is 0.291 e.